The van der Waals surface area contributed by atoms with Gasteiger partial charge in [-0.25, -0.2) is 0 Å². The lowest BCUT2D eigenvalue weighted by molar-refractivity contribution is -0.139. The van der Waals surface area contributed by atoms with E-state index in [9.17, 15) is 9.59 Å². The van der Waals surface area contributed by atoms with Gasteiger partial charge in [0.25, 0.3) is 0 Å². The number of thiophene rings is 1. The average molecular weight is 297 g/mol. The number of rotatable bonds is 5. The minimum absolute atomic E-state index is 0.396. The molecule has 2 heterocycles. The zero-order valence-electron chi connectivity index (χ0n) is 11.3. The first-order valence-corrected chi connectivity index (χ1v) is 7.52. The van der Waals surface area contributed by atoms with E-state index in [-0.39, 0.29) is 0 Å². The molecular formula is C13H19N3O3S. The summed E-state index contributed by atoms with van der Waals surface area (Å²) in [7, 11) is 0. The number of hydrogen-bond acceptors (Lipinski definition) is 5. The van der Waals surface area contributed by atoms with Crippen molar-refractivity contribution in [3.8, 4) is 0 Å². The lowest BCUT2D eigenvalue weighted by atomic mass is 10.4. The van der Waals surface area contributed by atoms with Gasteiger partial charge in [0.15, 0.2) is 0 Å². The first-order chi connectivity index (χ1) is 9.75. The number of nitrogens with one attached hydrogen (secondary N) is 2. The van der Waals surface area contributed by atoms with E-state index in [4.69, 9.17) is 4.74 Å². The van der Waals surface area contributed by atoms with E-state index >= 15 is 0 Å². The quantitative estimate of drug-likeness (QED) is 0.739. The van der Waals surface area contributed by atoms with E-state index in [0.717, 1.165) is 37.7 Å². The lowest BCUT2D eigenvalue weighted by Gasteiger charge is -2.26. The molecule has 2 rings (SSSR count). The van der Waals surface area contributed by atoms with E-state index in [2.05, 4.69) is 15.5 Å². The maximum absolute atomic E-state index is 11.6. The molecule has 0 radical (unpaired) electrons. The van der Waals surface area contributed by atoms with Crippen molar-refractivity contribution in [1.82, 2.24) is 15.5 Å². The molecule has 20 heavy (non-hydrogen) atoms. The fraction of sp³-hybridized carbons (Fsp3) is 0.538. The zero-order chi connectivity index (χ0) is 14.2. The first kappa shape index (κ1) is 15.0. The molecule has 1 aromatic heterocycles. The van der Waals surface area contributed by atoms with Crippen LogP contribution in [0.3, 0.4) is 0 Å². The van der Waals surface area contributed by atoms with Crippen molar-refractivity contribution in [1.29, 1.82) is 0 Å². The van der Waals surface area contributed by atoms with Crippen LogP contribution in [0.2, 0.25) is 0 Å². The van der Waals surface area contributed by atoms with Gasteiger partial charge in [0.05, 0.1) is 19.8 Å². The predicted molar refractivity (Wildman–Crippen MR) is 76.4 cm³/mol. The molecule has 110 valence electrons. The SMILES string of the molecule is O=C(NCCN1CCOCC1)C(=O)NCc1cccs1. The van der Waals surface area contributed by atoms with E-state index in [1.807, 2.05) is 17.5 Å². The van der Waals surface area contributed by atoms with E-state index in [1.165, 1.54) is 0 Å². The summed E-state index contributed by atoms with van der Waals surface area (Å²) in [6, 6.07) is 3.83. The summed E-state index contributed by atoms with van der Waals surface area (Å²) in [5.41, 5.74) is 0. The smallest absolute Gasteiger partial charge is 0.309 e. The van der Waals surface area contributed by atoms with Crippen LogP contribution in [-0.4, -0.2) is 56.1 Å². The fourth-order valence-electron chi connectivity index (χ4n) is 1.89. The fourth-order valence-corrected chi connectivity index (χ4v) is 2.54. The molecule has 1 saturated heterocycles. The third-order valence-corrected chi connectivity index (χ3v) is 3.90. The van der Waals surface area contributed by atoms with Gasteiger partial charge in [-0.15, -0.1) is 11.3 Å². The predicted octanol–water partition coefficient (Wildman–Crippen LogP) is -0.187. The number of carbonyl (C=O) groups is 2. The number of carbonyl (C=O) groups excluding carboxylic acids is 2. The van der Waals surface area contributed by atoms with E-state index < -0.39 is 11.8 Å². The Kier molecular flexibility index (Phi) is 5.97. The molecule has 0 spiro atoms. The first-order valence-electron chi connectivity index (χ1n) is 6.64. The number of nitrogens with zero attached hydrogens (tertiary/aromatic N) is 1. The molecule has 7 heteroatoms. The molecular weight excluding hydrogens is 278 g/mol. The summed E-state index contributed by atoms with van der Waals surface area (Å²) in [6.45, 7) is 4.83. The summed E-state index contributed by atoms with van der Waals surface area (Å²) in [5.74, 6) is -1.16. The summed E-state index contributed by atoms with van der Waals surface area (Å²) in [4.78, 5) is 26.4. The highest BCUT2D eigenvalue weighted by molar-refractivity contribution is 7.09. The van der Waals surface area contributed by atoms with Gasteiger partial charge in [-0.1, -0.05) is 6.07 Å². The molecule has 2 N–H and O–H groups in total. The Morgan fingerprint density at radius 1 is 1.25 bits per heavy atom. The van der Waals surface area contributed by atoms with Crippen LogP contribution in [-0.2, 0) is 20.9 Å². The summed E-state index contributed by atoms with van der Waals surface area (Å²) in [5, 5.41) is 7.16. The Morgan fingerprint density at radius 2 is 2.00 bits per heavy atom. The molecule has 1 fully saturated rings. The maximum Gasteiger partial charge on any atom is 0.309 e. The van der Waals surface area contributed by atoms with E-state index in [0.29, 0.717) is 13.1 Å². The van der Waals surface area contributed by atoms with Gasteiger partial charge in [-0.3, -0.25) is 14.5 Å². The molecule has 1 aliphatic rings. The van der Waals surface area contributed by atoms with Crippen molar-refractivity contribution in [2.45, 2.75) is 6.54 Å². The Labute approximate surface area is 122 Å². The van der Waals surface area contributed by atoms with Crippen LogP contribution >= 0.6 is 11.3 Å². The second kappa shape index (κ2) is 7.98. The van der Waals surface area contributed by atoms with Crippen molar-refractivity contribution in [3.05, 3.63) is 22.4 Å². The number of morpholine rings is 1. The van der Waals surface area contributed by atoms with Gasteiger partial charge >= 0.3 is 11.8 Å². The molecule has 0 atom stereocenters. The number of amides is 2. The lowest BCUT2D eigenvalue weighted by Crippen LogP contribution is -2.44. The van der Waals surface area contributed by atoms with Gasteiger partial charge < -0.3 is 15.4 Å². The number of ether oxygens (including phenoxy) is 1. The molecule has 0 bridgehead atoms. The third kappa shape index (κ3) is 4.92. The van der Waals surface area contributed by atoms with Gasteiger partial charge in [-0.05, 0) is 11.4 Å². The second-order valence-corrected chi connectivity index (χ2v) is 5.50. The van der Waals surface area contributed by atoms with Gasteiger partial charge in [0.2, 0.25) is 0 Å². The van der Waals surface area contributed by atoms with Crippen molar-refractivity contribution in [3.63, 3.8) is 0 Å². The van der Waals surface area contributed by atoms with Crippen molar-refractivity contribution in [2.75, 3.05) is 39.4 Å². The van der Waals surface area contributed by atoms with Crippen LogP contribution in [0.25, 0.3) is 0 Å². The van der Waals surface area contributed by atoms with Crippen molar-refractivity contribution in [2.24, 2.45) is 0 Å². The standard InChI is InChI=1S/C13H19N3O3S/c17-12(13(18)15-10-11-2-1-9-20-11)14-3-4-16-5-7-19-8-6-16/h1-2,9H,3-8,10H2,(H,14,17)(H,15,18). The molecule has 0 saturated carbocycles. The largest absolute Gasteiger partial charge is 0.379 e. The zero-order valence-corrected chi connectivity index (χ0v) is 12.1. The maximum atomic E-state index is 11.6. The van der Waals surface area contributed by atoms with Crippen molar-refractivity contribution >= 4 is 23.2 Å². The van der Waals surface area contributed by atoms with Gasteiger partial charge in [0, 0.05) is 31.1 Å². The third-order valence-electron chi connectivity index (χ3n) is 3.03. The topological polar surface area (TPSA) is 70.7 Å². The number of hydrogen-bond donors (Lipinski definition) is 2. The monoisotopic (exact) mass is 297 g/mol. The second-order valence-electron chi connectivity index (χ2n) is 4.47. The average Bonchev–Trinajstić information content (AvgIpc) is 2.99. The highest BCUT2D eigenvalue weighted by Crippen LogP contribution is 2.07. The highest BCUT2D eigenvalue weighted by atomic mass is 32.1. The summed E-state index contributed by atoms with van der Waals surface area (Å²) < 4.78 is 5.24. The Bertz CT molecular complexity index is 430. The Morgan fingerprint density at radius 3 is 2.70 bits per heavy atom. The van der Waals surface area contributed by atoms with Crippen LogP contribution < -0.4 is 10.6 Å². The van der Waals surface area contributed by atoms with Gasteiger partial charge in [-0.2, -0.15) is 0 Å². The molecule has 6 nitrogen and oxygen atoms in total. The minimum atomic E-state index is -0.583. The molecule has 0 aliphatic carbocycles. The summed E-state index contributed by atoms with van der Waals surface area (Å²) >= 11 is 1.55. The normalized spacial score (nSPS) is 15.8. The van der Waals surface area contributed by atoms with Crippen LogP contribution in [0.1, 0.15) is 4.88 Å². The molecule has 1 aliphatic heterocycles. The summed E-state index contributed by atoms with van der Waals surface area (Å²) in [6.07, 6.45) is 0. The van der Waals surface area contributed by atoms with Crippen LogP contribution in [0, 0.1) is 0 Å². The van der Waals surface area contributed by atoms with Crippen LogP contribution in [0.5, 0.6) is 0 Å². The van der Waals surface area contributed by atoms with E-state index in [1.54, 1.807) is 11.3 Å². The molecule has 2 amide bonds. The highest BCUT2D eigenvalue weighted by Gasteiger charge is 2.14. The Balaban J connectivity index is 1.59. The van der Waals surface area contributed by atoms with Crippen LogP contribution in [0.4, 0.5) is 0 Å². The van der Waals surface area contributed by atoms with Crippen LogP contribution in [0.15, 0.2) is 17.5 Å². The van der Waals surface area contributed by atoms with Crippen molar-refractivity contribution < 1.29 is 14.3 Å². The molecule has 1 aromatic rings. The Hall–Kier alpha value is -1.44. The molecule has 0 aromatic carbocycles. The minimum Gasteiger partial charge on any atom is -0.379 e. The van der Waals surface area contributed by atoms with Gasteiger partial charge in [0.1, 0.15) is 0 Å². The molecule has 0 unspecified atom stereocenters.